The van der Waals surface area contributed by atoms with Gasteiger partial charge in [0.25, 0.3) is 0 Å². The second-order valence-electron chi connectivity index (χ2n) is 9.63. The van der Waals surface area contributed by atoms with Gasteiger partial charge in [-0.3, -0.25) is 19.8 Å². The predicted molar refractivity (Wildman–Crippen MR) is 171 cm³/mol. The van der Waals surface area contributed by atoms with Crippen LogP contribution in [-0.4, -0.2) is 21.6 Å². The van der Waals surface area contributed by atoms with Crippen LogP contribution < -0.4 is 9.80 Å². The third-order valence-electron chi connectivity index (χ3n) is 6.93. The van der Waals surface area contributed by atoms with Crippen LogP contribution in [0.25, 0.3) is 0 Å². The van der Waals surface area contributed by atoms with Crippen LogP contribution in [0.4, 0.5) is 34.1 Å². The van der Waals surface area contributed by atoms with E-state index in [1.807, 2.05) is 97.1 Å². The molecule has 200 valence electrons. The molecule has 0 unspecified atom stereocenters. The van der Waals surface area contributed by atoms with E-state index in [1.165, 1.54) is 0 Å². The molecule has 0 amide bonds. The van der Waals surface area contributed by atoms with Crippen molar-refractivity contribution in [2.24, 2.45) is 9.98 Å². The maximum atomic E-state index is 5.32. The van der Waals surface area contributed by atoms with Crippen LogP contribution >= 0.6 is 0 Å². The van der Waals surface area contributed by atoms with E-state index in [1.54, 1.807) is 12.4 Å². The molecule has 1 aliphatic rings. The molecule has 42 heavy (non-hydrogen) atoms. The molecule has 0 bridgehead atoms. The molecule has 2 aromatic heterocycles. The first-order valence-electron chi connectivity index (χ1n) is 13.8. The summed E-state index contributed by atoms with van der Waals surface area (Å²) in [4.78, 5) is 24.6. The van der Waals surface area contributed by atoms with Crippen LogP contribution in [0.1, 0.15) is 11.4 Å². The van der Waals surface area contributed by atoms with E-state index in [9.17, 15) is 0 Å². The van der Waals surface area contributed by atoms with Gasteiger partial charge in [-0.05, 0) is 72.8 Å². The average molecular weight is 543 g/mol. The maximum Gasteiger partial charge on any atom is 0.166 e. The molecule has 6 heteroatoms. The Hall–Kier alpha value is -5.88. The summed E-state index contributed by atoms with van der Waals surface area (Å²) in [5, 5.41) is 0. The van der Waals surface area contributed by atoms with Crippen molar-refractivity contribution in [3.63, 3.8) is 0 Å². The van der Waals surface area contributed by atoms with Crippen LogP contribution in [0.3, 0.4) is 0 Å². The molecule has 1 aliphatic heterocycles. The first-order chi connectivity index (χ1) is 20.9. The number of amidine groups is 2. The van der Waals surface area contributed by atoms with Crippen LogP contribution in [0.2, 0.25) is 0 Å². The molecule has 0 saturated carbocycles. The van der Waals surface area contributed by atoms with E-state index in [2.05, 4.69) is 58.3 Å². The normalized spacial score (nSPS) is 12.1. The van der Waals surface area contributed by atoms with Crippen LogP contribution in [0.5, 0.6) is 0 Å². The lowest BCUT2D eigenvalue weighted by atomic mass is 10.1. The molecule has 3 heterocycles. The van der Waals surface area contributed by atoms with E-state index in [-0.39, 0.29) is 0 Å². The van der Waals surface area contributed by atoms with Crippen molar-refractivity contribution in [3.05, 3.63) is 169 Å². The third kappa shape index (κ3) is 4.82. The average Bonchev–Trinajstić information content (AvgIpc) is 3.06. The summed E-state index contributed by atoms with van der Waals surface area (Å²) < 4.78 is 0. The number of hydrogen-bond donors (Lipinski definition) is 0. The van der Waals surface area contributed by atoms with Gasteiger partial charge in [0, 0.05) is 35.1 Å². The first-order valence-corrected chi connectivity index (χ1v) is 13.8. The molecule has 0 N–H and O–H groups in total. The molecular weight excluding hydrogens is 516 g/mol. The van der Waals surface area contributed by atoms with E-state index in [4.69, 9.17) is 20.0 Å². The molecule has 6 nitrogen and oxygen atoms in total. The Balaban J connectivity index is 1.51. The number of hydrogen-bond acceptors (Lipinski definition) is 6. The fourth-order valence-electron chi connectivity index (χ4n) is 5.06. The fraction of sp³-hybridized carbons (Fsp3) is 0. The van der Waals surface area contributed by atoms with Crippen LogP contribution in [0, 0.1) is 0 Å². The van der Waals surface area contributed by atoms with Crippen molar-refractivity contribution in [3.8, 4) is 0 Å². The number of pyridine rings is 2. The van der Waals surface area contributed by atoms with Crippen molar-refractivity contribution in [2.75, 3.05) is 9.80 Å². The second kappa shape index (κ2) is 11.3. The van der Waals surface area contributed by atoms with Crippen molar-refractivity contribution in [1.82, 2.24) is 9.97 Å². The Morgan fingerprint density at radius 3 is 0.952 bits per heavy atom. The third-order valence-corrected chi connectivity index (χ3v) is 6.93. The number of para-hydroxylation sites is 4. The van der Waals surface area contributed by atoms with Gasteiger partial charge in [0.15, 0.2) is 11.7 Å². The molecule has 4 aromatic carbocycles. The second-order valence-corrected chi connectivity index (χ2v) is 9.63. The van der Waals surface area contributed by atoms with Gasteiger partial charge in [-0.15, -0.1) is 0 Å². The lowest BCUT2D eigenvalue weighted by Crippen LogP contribution is -2.31. The van der Waals surface area contributed by atoms with Crippen molar-refractivity contribution in [2.45, 2.75) is 0 Å². The van der Waals surface area contributed by atoms with E-state index < -0.39 is 0 Å². The summed E-state index contributed by atoms with van der Waals surface area (Å²) in [7, 11) is 0. The number of aromatic nitrogens is 2. The molecule has 0 atom stereocenters. The quantitative estimate of drug-likeness (QED) is 0.224. The van der Waals surface area contributed by atoms with E-state index in [0.29, 0.717) is 34.4 Å². The Bertz CT molecular complexity index is 1650. The monoisotopic (exact) mass is 542 g/mol. The first kappa shape index (κ1) is 25.1. The lowest BCUT2D eigenvalue weighted by molar-refractivity contribution is 1.17. The highest BCUT2D eigenvalue weighted by molar-refractivity contribution is 6.22. The van der Waals surface area contributed by atoms with Gasteiger partial charge in [0.1, 0.15) is 11.4 Å². The molecule has 0 radical (unpaired) electrons. The fourth-order valence-corrected chi connectivity index (χ4v) is 5.06. The van der Waals surface area contributed by atoms with Crippen molar-refractivity contribution in [1.29, 1.82) is 0 Å². The van der Waals surface area contributed by atoms with Crippen molar-refractivity contribution >= 4 is 45.8 Å². The highest BCUT2D eigenvalue weighted by atomic mass is 15.2. The minimum absolute atomic E-state index is 0.658. The summed E-state index contributed by atoms with van der Waals surface area (Å²) in [5.74, 6) is 1.32. The van der Waals surface area contributed by atoms with Gasteiger partial charge in [-0.1, -0.05) is 72.8 Å². The molecule has 0 saturated heterocycles. The van der Waals surface area contributed by atoms with Gasteiger partial charge >= 0.3 is 0 Å². The number of rotatable bonds is 4. The lowest BCUT2D eigenvalue weighted by Gasteiger charge is -2.30. The minimum Gasteiger partial charge on any atom is -0.293 e. The van der Waals surface area contributed by atoms with Gasteiger partial charge in [0.05, 0.1) is 11.4 Å². The minimum atomic E-state index is 0.658. The van der Waals surface area contributed by atoms with Gasteiger partial charge < -0.3 is 0 Å². The molecule has 0 spiro atoms. The highest BCUT2D eigenvalue weighted by Crippen LogP contribution is 2.37. The molecule has 6 aromatic rings. The maximum absolute atomic E-state index is 5.32. The topological polar surface area (TPSA) is 57.0 Å². The Labute approximate surface area is 244 Å². The number of fused-ring (bicyclic) bond motifs is 2. The molecule has 0 fully saturated rings. The standard InChI is InChI=1S/C36H26N6/c1-5-15-27(16-6-1)41(28-17-7-2-8-18-28)35-33-31(23-13-25-37-33)40-36(34-32(39-35)24-14-26-38-34)42(29-19-9-3-10-20-29)30-21-11-4-12-22-30/h1-26H. The SMILES string of the molecule is c1ccc(N(C2=Nc3cccnc3C(N(c3ccccc3)c3ccccc3)=Nc3cccnc32)c2ccccc2)cc1. The van der Waals surface area contributed by atoms with Gasteiger partial charge in [-0.25, -0.2) is 9.98 Å². The number of benzene rings is 4. The van der Waals surface area contributed by atoms with Crippen LogP contribution in [-0.2, 0) is 0 Å². The van der Waals surface area contributed by atoms with Crippen LogP contribution in [0.15, 0.2) is 168 Å². The van der Waals surface area contributed by atoms with Crippen molar-refractivity contribution < 1.29 is 0 Å². The number of aliphatic imine (C=N–C) groups is 2. The Morgan fingerprint density at radius 1 is 0.333 bits per heavy atom. The van der Waals surface area contributed by atoms with E-state index >= 15 is 0 Å². The summed E-state index contributed by atoms with van der Waals surface area (Å²) in [6.45, 7) is 0. The zero-order valence-electron chi connectivity index (χ0n) is 22.7. The zero-order valence-corrected chi connectivity index (χ0v) is 22.7. The summed E-state index contributed by atoms with van der Waals surface area (Å²) >= 11 is 0. The summed E-state index contributed by atoms with van der Waals surface area (Å²) in [6, 6.07) is 48.6. The Kier molecular flexibility index (Phi) is 6.76. The number of anilines is 4. The summed E-state index contributed by atoms with van der Waals surface area (Å²) in [6.07, 6.45) is 3.57. The molecule has 7 rings (SSSR count). The van der Waals surface area contributed by atoms with Gasteiger partial charge in [-0.2, -0.15) is 0 Å². The largest absolute Gasteiger partial charge is 0.293 e. The highest BCUT2D eigenvalue weighted by Gasteiger charge is 2.28. The van der Waals surface area contributed by atoms with E-state index in [0.717, 1.165) is 22.7 Å². The predicted octanol–water partition coefficient (Wildman–Crippen LogP) is 8.62. The van der Waals surface area contributed by atoms with Gasteiger partial charge in [0.2, 0.25) is 0 Å². The Morgan fingerprint density at radius 2 is 0.643 bits per heavy atom. The molecular formula is C36H26N6. The summed E-state index contributed by atoms with van der Waals surface area (Å²) in [5.41, 5.74) is 6.56. The number of nitrogens with zero attached hydrogens (tertiary/aromatic N) is 6. The molecule has 0 aliphatic carbocycles. The smallest absolute Gasteiger partial charge is 0.166 e. The zero-order chi connectivity index (χ0) is 28.1.